The molecule has 11 heavy (non-hydrogen) atoms. The Morgan fingerprint density at radius 2 is 2.18 bits per heavy atom. The number of hydrogen-bond acceptors (Lipinski definition) is 2. The third-order valence-corrected chi connectivity index (χ3v) is 1.95. The lowest BCUT2D eigenvalue weighted by Gasteiger charge is -2.09. The molecule has 68 valence electrons. The molecule has 0 radical (unpaired) electrons. The smallest absolute Gasteiger partial charge is 0.0491 e. The van der Waals surface area contributed by atoms with Crippen LogP contribution in [0.15, 0.2) is 0 Å². The van der Waals surface area contributed by atoms with Crippen LogP contribution in [-0.2, 0) is 4.74 Å². The zero-order chi connectivity index (χ0) is 8.53. The van der Waals surface area contributed by atoms with Crippen LogP contribution in [0, 0.1) is 5.92 Å². The molecular formula is C9H20OS. The van der Waals surface area contributed by atoms with Crippen molar-refractivity contribution in [1.29, 1.82) is 0 Å². The maximum Gasteiger partial charge on any atom is 0.0491 e. The average molecular weight is 176 g/mol. The van der Waals surface area contributed by atoms with E-state index >= 15 is 0 Å². The fourth-order valence-corrected chi connectivity index (χ4v) is 1.16. The molecule has 0 aromatic rings. The molecule has 0 N–H and O–H groups in total. The van der Waals surface area contributed by atoms with Gasteiger partial charge in [0.25, 0.3) is 0 Å². The third-order valence-electron chi connectivity index (χ3n) is 1.63. The molecule has 0 aliphatic rings. The highest BCUT2D eigenvalue weighted by Gasteiger charge is 1.99. The Balaban J connectivity index is 2.97. The van der Waals surface area contributed by atoms with Crippen molar-refractivity contribution in [3.63, 3.8) is 0 Å². The molecule has 2 heteroatoms. The van der Waals surface area contributed by atoms with Crippen LogP contribution in [0.5, 0.6) is 0 Å². The second-order valence-corrected chi connectivity index (χ2v) is 3.49. The fraction of sp³-hybridized carbons (Fsp3) is 1.00. The molecule has 1 unspecified atom stereocenters. The normalized spacial score (nSPS) is 13.4. The van der Waals surface area contributed by atoms with Gasteiger partial charge in [-0.05, 0) is 24.5 Å². The zero-order valence-electron chi connectivity index (χ0n) is 7.68. The van der Waals surface area contributed by atoms with Crippen LogP contribution >= 0.6 is 12.6 Å². The van der Waals surface area contributed by atoms with E-state index in [4.69, 9.17) is 4.74 Å². The molecule has 0 aromatic carbocycles. The minimum absolute atomic E-state index is 0.722. The van der Waals surface area contributed by atoms with E-state index in [-0.39, 0.29) is 0 Å². The topological polar surface area (TPSA) is 9.23 Å². The van der Waals surface area contributed by atoms with Crippen LogP contribution in [0.2, 0.25) is 0 Å². The van der Waals surface area contributed by atoms with Gasteiger partial charge in [-0.3, -0.25) is 0 Å². The minimum Gasteiger partial charge on any atom is -0.381 e. The van der Waals surface area contributed by atoms with Crippen molar-refractivity contribution in [2.75, 3.05) is 19.0 Å². The standard InChI is InChI=1S/C9H20OS/c1-3-5-9(2)8-10-6-4-7-11/h9,11H,3-8H2,1-2H3. The lowest BCUT2D eigenvalue weighted by molar-refractivity contribution is 0.103. The Morgan fingerprint density at radius 3 is 2.73 bits per heavy atom. The van der Waals surface area contributed by atoms with E-state index in [1.165, 1.54) is 12.8 Å². The Labute approximate surface area is 75.9 Å². The summed E-state index contributed by atoms with van der Waals surface area (Å²) in [7, 11) is 0. The van der Waals surface area contributed by atoms with Gasteiger partial charge in [0.1, 0.15) is 0 Å². The third kappa shape index (κ3) is 8.21. The van der Waals surface area contributed by atoms with Crippen molar-refractivity contribution in [1.82, 2.24) is 0 Å². The van der Waals surface area contributed by atoms with E-state index in [2.05, 4.69) is 26.5 Å². The number of thiol groups is 1. The molecule has 1 nitrogen and oxygen atoms in total. The molecule has 0 spiro atoms. The largest absolute Gasteiger partial charge is 0.381 e. The van der Waals surface area contributed by atoms with E-state index in [1.807, 2.05) is 0 Å². The van der Waals surface area contributed by atoms with E-state index < -0.39 is 0 Å². The molecule has 0 rings (SSSR count). The quantitative estimate of drug-likeness (QED) is 0.463. The summed E-state index contributed by atoms with van der Waals surface area (Å²) in [5, 5.41) is 0. The van der Waals surface area contributed by atoms with Crippen molar-refractivity contribution in [2.45, 2.75) is 33.1 Å². The van der Waals surface area contributed by atoms with Gasteiger partial charge in [0, 0.05) is 13.2 Å². The Morgan fingerprint density at radius 1 is 1.45 bits per heavy atom. The van der Waals surface area contributed by atoms with Crippen LogP contribution in [-0.4, -0.2) is 19.0 Å². The summed E-state index contributed by atoms with van der Waals surface area (Å²) in [6, 6.07) is 0. The van der Waals surface area contributed by atoms with Gasteiger partial charge in [0.15, 0.2) is 0 Å². The second-order valence-electron chi connectivity index (χ2n) is 3.05. The number of ether oxygens (including phenoxy) is 1. The second kappa shape index (κ2) is 8.41. The van der Waals surface area contributed by atoms with Crippen LogP contribution in [0.1, 0.15) is 33.1 Å². The van der Waals surface area contributed by atoms with Crippen LogP contribution < -0.4 is 0 Å². The summed E-state index contributed by atoms with van der Waals surface area (Å²) in [5.41, 5.74) is 0. The van der Waals surface area contributed by atoms with Gasteiger partial charge in [-0.15, -0.1) is 0 Å². The van der Waals surface area contributed by atoms with Gasteiger partial charge < -0.3 is 4.74 Å². The minimum atomic E-state index is 0.722. The van der Waals surface area contributed by atoms with Gasteiger partial charge in [0.05, 0.1) is 0 Å². The summed E-state index contributed by atoms with van der Waals surface area (Å²) in [4.78, 5) is 0. The van der Waals surface area contributed by atoms with Crippen LogP contribution in [0.25, 0.3) is 0 Å². The van der Waals surface area contributed by atoms with E-state index in [0.717, 1.165) is 31.3 Å². The Hall–Kier alpha value is 0.310. The molecule has 0 aliphatic heterocycles. The molecule has 0 heterocycles. The highest BCUT2D eigenvalue weighted by Crippen LogP contribution is 2.04. The Kier molecular flexibility index (Phi) is 8.64. The molecule has 0 saturated heterocycles. The first kappa shape index (κ1) is 11.3. The van der Waals surface area contributed by atoms with Crippen LogP contribution in [0.4, 0.5) is 0 Å². The molecular weight excluding hydrogens is 156 g/mol. The molecule has 1 atom stereocenters. The Bertz CT molecular complexity index is 76.0. The predicted molar refractivity (Wildman–Crippen MR) is 53.4 cm³/mol. The lowest BCUT2D eigenvalue weighted by Crippen LogP contribution is -2.06. The summed E-state index contributed by atoms with van der Waals surface area (Å²) in [5.74, 6) is 1.65. The fourth-order valence-electron chi connectivity index (χ4n) is 1.03. The molecule has 0 aromatic heterocycles. The SMILES string of the molecule is CCCC(C)COCCCS. The highest BCUT2D eigenvalue weighted by molar-refractivity contribution is 7.80. The molecule has 0 bridgehead atoms. The van der Waals surface area contributed by atoms with E-state index in [0.29, 0.717) is 0 Å². The van der Waals surface area contributed by atoms with Gasteiger partial charge in [-0.2, -0.15) is 12.6 Å². The monoisotopic (exact) mass is 176 g/mol. The van der Waals surface area contributed by atoms with Crippen molar-refractivity contribution in [2.24, 2.45) is 5.92 Å². The van der Waals surface area contributed by atoms with Crippen molar-refractivity contribution < 1.29 is 4.74 Å². The highest BCUT2D eigenvalue weighted by atomic mass is 32.1. The summed E-state index contributed by atoms with van der Waals surface area (Å²) >= 11 is 4.11. The molecule has 0 saturated carbocycles. The maximum atomic E-state index is 5.44. The van der Waals surface area contributed by atoms with Crippen molar-refractivity contribution in [3.05, 3.63) is 0 Å². The first-order chi connectivity index (χ1) is 5.31. The summed E-state index contributed by atoms with van der Waals surface area (Å²) in [6.07, 6.45) is 3.61. The molecule has 0 fully saturated rings. The predicted octanol–water partition coefficient (Wildman–Crippen LogP) is 2.76. The molecule has 0 amide bonds. The van der Waals surface area contributed by atoms with Crippen molar-refractivity contribution in [3.8, 4) is 0 Å². The van der Waals surface area contributed by atoms with Gasteiger partial charge in [-0.25, -0.2) is 0 Å². The summed E-state index contributed by atoms with van der Waals surface area (Å²) < 4.78 is 5.44. The molecule has 0 aliphatic carbocycles. The van der Waals surface area contributed by atoms with E-state index in [9.17, 15) is 0 Å². The zero-order valence-corrected chi connectivity index (χ0v) is 8.57. The van der Waals surface area contributed by atoms with Crippen molar-refractivity contribution >= 4 is 12.6 Å². The maximum absolute atomic E-state index is 5.44. The number of rotatable bonds is 7. The summed E-state index contributed by atoms with van der Waals surface area (Å²) in [6.45, 7) is 6.24. The first-order valence-corrected chi connectivity index (χ1v) is 5.13. The first-order valence-electron chi connectivity index (χ1n) is 4.49. The van der Waals surface area contributed by atoms with Gasteiger partial charge in [-0.1, -0.05) is 20.3 Å². The van der Waals surface area contributed by atoms with Crippen LogP contribution in [0.3, 0.4) is 0 Å². The van der Waals surface area contributed by atoms with Gasteiger partial charge >= 0.3 is 0 Å². The lowest BCUT2D eigenvalue weighted by atomic mass is 10.1. The number of hydrogen-bond donors (Lipinski definition) is 1. The average Bonchev–Trinajstić information content (AvgIpc) is 1.99. The van der Waals surface area contributed by atoms with E-state index in [1.54, 1.807) is 0 Å². The van der Waals surface area contributed by atoms with Gasteiger partial charge in [0.2, 0.25) is 0 Å².